The monoisotopic (exact) mass is 265 g/mol. The SMILES string of the molecule is CC(C)NCc1cnccc1N(C)CCOC(C)C. The van der Waals surface area contributed by atoms with Crippen molar-refractivity contribution in [3.8, 4) is 0 Å². The first-order chi connectivity index (χ1) is 9.00. The van der Waals surface area contributed by atoms with E-state index in [0.29, 0.717) is 6.04 Å². The summed E-state index contributed by atoms with van der Waals surface area (Å²) in [5.41, 5.74) is 2.44. The van der Waals surface area contributed by atoms with E-state index >= 15 is 0 Å². The standard InChI is InChI=1S/C15H27N3O/c1-12(2)17-11-14-10-16-7-6-15(14)18(5)8-9-19-13(3)4/h6-7,10,12-13,17H,8-9,11H2,1-5H3. The zero-order valence-electron chi connectivity index (χ0n) is 12.8. The minimum Gasteiger partial charge on any atom is -0.377 e. The van der Waals surface area contributed by atoms with Gasteiger partial charge in [0, 0.05) is 49.8 Å². The van der Waals surface area contributed by atoms with Gasteiger partial charge in [0.25, 0.3) is 0 Å². The Kier molecular flexibility index (Phi) is 6.81. The van der Waals surface area contributed by atoms with Gasteiger partial charge >= 0.3 is 0 Å². The topological polar surface area (TPSA) is 37.4 Å². The third-order valence-electron chi connectivity index (χ3n) is 2.87. The van der Waals surface area contributed by atoms with Gasteiger partial charge in [0.05, 0.1) is 12.7 Å². The summed E-state index contributed by atoms with van der Waals surface area (Å²) in [5.74, 6) is 0. The Bertz CT molecular complexity index is 366. The molecule has 19 heavy (non-hydrogen) atoms. The number of aromatic nitrogens is 1. The fourth-order valence-corrected chi connectivity index (χ4v) is 1.79. The fraction of sp³-hybridized carbons (Fsp3) is 0.667. The highest BCUT2D eigenvalue weighted by Crippen LogP contribution is 2.17. The number of ether oxygens (including phenoxy) is 1. The highest BCUT2D eigenvalue weighted by molar-refractivity contribution is 5.51. The third-order valence-corrected chi connectivity index (χ3v) is 2.87. The lowest BCUT2D eigenvalue weighted by Crippen LogP contribution is -2.27. The lowest BCUT2D eigenvalue weighted by Gasteiger charge is -2.23. The average molecular weight is 265 g/mol. The number of rotatable bonds is 8. The van der Waals surface area contributed by atoms with Crippen LogP contribution in [0, 0.1) is 0 Å². The molecule has 108 valence electrons. The summed E-state index contributed by atoms with van der Waals surface area (Å²) < 4.78 is 5.60. The van der Waals surface area contributed by atoms with Crippen molar-refractivity contribution in [2.45, 2.75) is 46.4 Å². The van der Waals surface area contributed by atoms with Gasteiger partial charge < -0.3 is 15.0 Å². The van der Waals surface area contributed by atoms with Crippen LogP contribution in [0.5, 0.6) is 0 Å². The highest BCUT2D eigenvalue weighted by Gasteiger charge is 2.08. The Hall–Kier alpha value is -1.13. The summed E-state index contributed by atoms with van der Waals surface area (Å²) in [6.07, 6.45) is 4.06. The molecular weight excluding hydrogens is 238 g/mol. The van der Waals surface area contributed by atoms with Crippen LogP contribution in [0.1, 0.15) is 33.3 Å². The van der Waals surface area contributed by atoms with Crippen LogP contribution in [0.3, 0.4) is 0 Å². The first-order valence-corrected chi connectivity index (χ1v) is 6.99. The molecule has 0 spiro atoms. The predicted octanol–water partition coefficient (Wildman–Crippen LogP) is 2.44. The van der Waals surface area contributed by atoms with E-state index in [9.17, 15) is 0 Å². The zero-order chi connectivity index (χ0) is 14.3. The molecular formula is C15H27N3O. The van der Waals surface area contributed by atoms with Gasteiger partial charge in [-0.1, -0.05) is 13.8 Å². The van der Waals surface area contributed by atoms with Gasteiger partial charge in [-0.3, -0.25) is 4.98 Å². The molecule has 4 nitrogen and oxygen atoms in total. The van der Waals surface area contributed by atoms with Gasteiger partial charge in [0.2, 0.25) is 0 Å². The number of hydrogen-bond acceptors (Lipinski definition) is 4. The molecule has 0 amide bonds. The second kappa shape index (κ2) is 8.12. The van der Waals surface area contributed by atoms with Crippen LogP contribution >= 0.6 is 0 Å². The van der Waals surface area contributed by atoms with E-state index in [1.54, 1.807) is 0 Å². The number of anilines is 1. The highest BCUT2D eigenvalue weighted by atomic mass is 16.5. The Morgan fingerprint density at radius 2 is 2.05 bits per heavy atom. The van der Waals surface area contributed by atoms with Gasteiger partial charge in [0.15, 0.2) is 0 Å². The average Bonchev–Trinajstić information content (AvgIpc) is 2.36. The quantitative estimate of drug-likeness (QED) is 0.783. The van der Waals surface area contributed by atoms with Gasteiger partial charge in [0.1, 0.15) is 0 Å². The molecule has 0 saturated heterocycles. The molecule has 0 unspecified atom stereocenters. The van der Waals surface area contributed by atoms with E-state index in [0.717, 1.165) is 19.7 Å². The molecule has 0 aliphatic carbocycles. The minimum atomic E-state index is 0.285. The molecule has 1 N–H and O–H groups in total. The third kappa shape index (κ3) is 6.03. The van der Waals surface area contributed by atoms with Crippen molar-refractivity contribution in [3.05, 3.63) is 24.0 Å². The fourth-order valence-electron chi connectivity index (χ4n) is 1.79. The van der Waals surface area contributed by atoms with Gasteiger partial charge in [-0.05, 0) is 19.9 Å². The molecule has 0 aliphatic rings. The summed E-state index contributed by atoms with van der Waals surface area (Å²) in [7, 11) is 2.10. The van der Waals surface area contributed by atoms with Crippen molar-refractivity contribution in [3.63, 3.8) is 0 Å². The van der Waals surface area contributed by atoms with Crippen molar-refractivity contribution in [2.24, 2.45) is 0 Å². The van der Waals surface area contributed by atoms with Crippen LogP contribution in [-0.4, -0.2) is 37.3 Å². The number of nitrogens with one attached hydrogen (secondary N) is 1. The van der Waals surface area contributed by atoms with E-state index < -0.39 is 0 Å². The lowest BCUT2D eigenvalue weighted by atomic mass is 10.2. The zero-order valence-corrected chi connectivity index (χ0v) is 12.8. The lowest BCUT2D eigenvalue weighted by molar-refractivity contribution is 0.0846. The van der Waals surface area contributed by atoms with E-state index in [1.807, 2.05) is 12.4 Å². The normalized spacial score (nSPS) is 11.3. The van der Waals surface area contributed by atoms with E-state index in [-0.39, 0.29) is 6.10 Å². The maximum Gasteiger partial charge on any atom is 0.0644 e. The smallest absolute Gasteiger partial charge is 0.0644 e. The molecule has 0 radical (unpaired) electrons. The molecule has 0 aliphatic heterocycles. The summed E-state index contributed by atoms with van der Waals surface area (Å²) >= 11 is 0. The second-order valence-electron chi connectivity index (χ2n) is 5.38. The molecule has 1 rings (SSSR count). The minimum absolute atomic E-state index is 0.285. The molecule has 1 heterocycles. The largest absolute Gasteiger partial charge is 0.377 e. The van der Waals surface area contributed by atoms with Crippen molar-refractivity contribution >= 4 is 5.69 Å². The number of pyridine rings is 1. The Morgan fingerprint density at radius 1 is 1.32 bits per heavy atom. The number of likely N-dealkylation sites (N-methyl/N-ethyl adjacent to an activating group) is 1. The van der Waals surface area contributed by atoms with E-state index in [2.05, 4.69) is 56.0 Å². The maximum absolute atomic E-state index is 5.60. The molecule has 1 aromatic rings. The summed E-state index contributed by atoms with van der Waals surface area (Å²) in [5, 5.41) is 3.43. The molecule has 0 atom stereocenters. The summed E-state index contributed by atoms with van der Waals surface area (Å²) in [4.78, 5) is 6.44. The molecule has 0 bridgehead atoms. The van der Waals surface area contributed by atoms with Crippen LogP contribution in [-0.2, 0) is 11.3 Å². The molecule has 0 aromatic carbocycles. The van der Waals surface area contributed by atoms with Crippen LogP contribution in [0.25, 0.3) is 0 Å². The van der Waals surface area contributed by atoms with Crippen molar-refractivity contribution in [1.29, 1.82) is 0 Å². The second-order valence-corrected chi connectivity index (χ2v) is 5.38. The Balaban J connectivity index is 2.59. The Morgan fingerprint density at radius 3 is 2.68 bits per heavy atom. The van der Waals surface area contributed by atoms with Crippen LogP contribution < -0.4 is 10.2 Å². The molecule has 1 aromatic heterocycles. The van der Waals surface area contributed by atoms with E-state index in [1.165, 1.54) is 11.3 Å². The van der Waals surface area contributed by atoms with Crippen molar-refractivity contribution in [1.82, 2.24) is 10.3 Å². The van der Waals surface area contributed by atoms with Crippen LogP contribution in [0.2, 0.25) is 0 Å². The molecule has 4 heteroatoms. The van der Waals surface area contributed by atoms with Gasteiger partial charge in [-0.25, -0.2) is 0 Å². The summed E-state index contributed by atoms with van der Waals surface area (Å²) in [6.45, 7) is 10.9. The summed E-state index contributed by atoms with van der Waals surface area (Å²) in [6, 6.07) is 2.54. The number of hydrogen-bond donors (Lipinski definition) is 1. The molecule has 0 fully saturated rings. The van der Waals surface area contributed by atoms with Crippen molar-refractivity contribution in [2.75, 3.05) is 25.1 Å². The first kappa shape index (κ1) is 15.9. The van der Waals surface area contributed by atoms with E-state index in [4.69, 9.17) is 4.74 Å². The van der Waals surface area contributed by atoms with Gasteiger partial charge in [-0.15, -0.1) is 0 Å². The van der Waals surface area contributed by atoms with Crippen LogP contribution in [0.15, 0.2) is 18.5 Å². The Labute approximate surface area is 117 Å². The van der Waals surface area contributed by atoms with Crippen LogP contribution in [0.4, 0.5) is 5.69 Å². The van der Waals surface area contributed by atoms with Gasteiger partial charge in [-0.2, -0.15) is 0 Å². The number of nitrogens with zero attached hydrogens (tertiary/aromatic N) is 2. The maximum atomic E-state index is 5.60. The predicted molar refractivity (Wildman–Crippen MR) is 80.6 cm³/mol. The molecule has 0 saturated carbocycles. The first-order valence-electron chi connectivity index (χ1n) is 6.99. The van der Waals surface area contributed by atoms with Crippen molar-refractivity contribution < 1.29 is 4.74 Å².